The van der Waals surface area contributed by atoms with E-state index in [9.17, 15) is 4.79 Å². The summed E-state index contributed by atoms with van der Waals surface area (Å²) in [5, 5.41) is 0. The SMILES string of the molecule is O=CC12[CH]CC(C=C1)C2. The lowest BCUT2D eigenvalue weighted by molar-refractivity contribution is -0.112. The number of hydrogen-bond acceptors (Lipinski definition) is 1. The maximum atomic E-state index is 10.5. The van der Waals surface area contributed by atoms with Gasteiger partial charge in [0.2, 0.25) is 0 Å². The van der Waals surface area contributed by atoms with E-state index in [4.69, 9.17) is 0 Å². The maximum absolute atomic E-state index is 10.5. The van der Waals surface area contributed by atoms with E-state index in [1.165, 1.54) is 0 Å². The van der Waals surface area contributed by atoms with Gasteiger partial charge in [0.25, 0.3) is 0 Å². The molecular weight excluding hydrogens is 112 g/mol. The van der Waals surface area contributed by atoms with Crippen molar-refractivity contribution in [2.45, 2.75) is 12.8 Å². The quantitative estimate of drug-likeness (QED) is 0.378. The lowest BCUT2D eigenvalue weighted by Crippen LogP contribution is -2.12. The van der Waals surface area contributed by atoms with Crippen molar-refractivity contribution in [1.29, 1.82) is 0 Å². The highest BCUT2D eigenvalue weighted by atomic mass is 16.1. The number of rotatable bonds is 1. The van der Waals surface area contributed by atoms with Crippen molar-refractivity contribution in [3.8, 4) is 0 Å². The summed E-state index contributed by atoms with van der Waals surface area (Å²) < 4.78 is 0. The molecule has 0 aromatic rings. The van der Waals surface area contributed by atoms with Crippen LogP contribution in [0.3, 0.4) is 0 Å². The average Bonchev–Trinajstić information content (AvgIpc) is 2.46. The van der Waals surface area contributed by atoms with Crippen molar-refractivity contribution < 1.29 is 4.79 Å². The Morgan fingerprint density at radius 3 is 2.78 bits per heavy atom. The van der Waals surface area contributed by atoms with Gasteiger partial charge in [0.1, 0.15) is 6.29 Å². The molecule has 1 fully saturated rings. The second-order valence-corrected chi connectivity index (χ2v) is 2.99. The van der Waals surface area contributed by atoms with Crippen LogP contribution in [0.5, 0.6) is 0 Å². The molecule has 0 saturated heterocycles. The normalized spacial score (nSPS) is 46.0. The molecule has 2 rings (SSSR count). The van der Waals surface area contributed by atoms with E-state index >= 15 is 0 Å². The summed E-state index contributed by atoms with van der Waals surface area (Å²) in [5.41, 5.74) is -0.134. The van der Waals surface area contributed by atoms with Crippen LogP contribution < -0.4 is 0 Å². The van der Waals surface area contributed by atoms with E-state index in [0.717, 1.165) is 19.1 Å². The number of aldehydes is 1. The van der Waals surface area contributed by atoms with E-state index in [0.29, 0.717) is 5.92 Å². The molecular formula is C8H9O. The molecule has 9 heavy (non-hydrogen) atoms. The third kappa shape index (κ3) is 0.576. The Hall–Kier alpha value is -0.590. The first-order valence-corrected chi connectivity index (χ1v) is 3.35. The number of carbonyl (C=O) groups excluding carboxylic acids is 1. The van der Waals surface area contributed by atoms with Crippen molar-refractivity contribution in [2.75, 3.05) is 0 Å². The zero-order chi connectivity index (χ0) is 6.32. The largest absolute Gasteiger partial charge is 0.302 e. The van der Waals surface area contributed by atoms with Crippen LogP contribution in [0.2, 0.25) is 0 Å². The first-order valence-electron chi connectivity index (χ1n) is 3.35. The summed E-state index contributed by atoms with van der Waals surface area (Å²) in [5.74, 6) is 0.676. The van der Waals surface area contributed by atoms with Crippen LogP contribution in [0, 0.1) is 17.8 Å². The summed E-state index contributed by atoms with van der Waals surface area (Å²) in [6.07, 6.45) is 9.54. The molecule has 47 valence electrons. The first kappa shape index (κ1) is 5.21. The maximum Gasteiger partial charge on any atom is 0.130 e. The Morgan fingerprint density at radius 2 is 2.56 bits per heavy atom. The Kier molecular flexibility index (Phi) is 0.850. The molecule has 0 aromatic carbocycles. The fourth-order valence-corrected chi connectivity index (χ4v) is 1.73. The topological polar surface area (TPSA) is 17.1 Å². The minimum Gasteiger partial charge on any atom is -0.302 e. The molecule has 0 N–H and O–H groups in total. The van der Waals surface area contributed by atoms with Crippen molar-refractivity contribution >= 4 is 6.29 Å². The van der Waals surface area contributed by atoms with Gasteiger partial charge < -0.3 is 4.79 Å². The van der Waals surface area contributed by atoms with Gasteiger partial charge in [0, 0.05) is 5.41 Å². The molecule has 2 aliphatic rings. The van der Waals surface area contributed by atoms with Crippen molar-refractivity contribution in [2.24, 2.45) is 11.3 Å². The zero-order valence-electron chi connectivity index (χ0n) is 5.21. The Balaban J connectivity index is 2.33. The molecule has 0 spiro atoms. The first-order chi connectivity index (χ1) is 4.35. The summed E-state index contributed by atoms with van der Waals surface area (Å²) in [4.78, 5) is 10.5. The van der Waals surface area contributed by atoms with Crippen LogP contribution in [0.25, 0.3) is 0 Å². The lowest BCUT2D eigenvalue weighted by Gasteiger charge is -2.12. The third-order valence-electron chi connectivity index (χ3n) is 2.31. The second kappa shape index (κ2) is 1.47. The molecule has 0 aromatic heterocycles. The van der Waals surface area contributed by atoms with Crippen molar-refractivity contribution in [3.63, 3.8) is 0 Å². The van der Waals surface area contributed by atoms with Gasteiger partial charge in [-0.1, -0.05) is 12.2 Å². The molecule has 2 atom stereocenters. The average molecular weight is 121 g/mol. The predicted octanol–water partition coefficient (Wildman–Crippen LogP) is 1.36. The van der Waals surface area contributed by atoms with Gasteiger partial charge in [0.05, 0.1) is 0 Å². The van der Waals surface area contributed by atoms with Gasteiger partial charge in [-0.25, -0.2) is 0 Å². The van der Waals surface area contributed by atoms with E-state index in [2.05, 4.69) is 12.5 Å². The highest BCUT2D eigenvalue weighted by Gasteiger charge is 2.40. The molecule has 2 bridgehead atoms. The van der Waals surface area contributed by atoms with Gasteiger partial charge in [-0.2, -0.15) is 0 Å². The Bertz CT molecular complexity index is 171. The fourth-order valence-electron chi connectivity index (χ4n) is 1.73. The number of hydrogen-bond donors (Lipinski definition) is 0. The van der Waals surface area contributed by atoms with Crippen LogP contribution in [-0.4, -0.2) is 6.29 Å². The van der Waals surface area contributed by atoms with Crippen LogP contribution in [-0.2, 0) is 4.79 Å². The molecule has 1 heteroatoms. The van der Waals surface area contributed by atoms with Crippen molar-refractivity contribution in [3.05, 3.63) is 18.6 Å². The molecule has 1 saturated carbocycles. The number of fused-ring (bicyclic) bond motifs is 2. The van der Waals surface area contributed by atoms with E-state index < -0.39 is 0 Å². The summed E-state index contributed by atoms with van der Waals surface area (Å²) >= 11 is 0. The number of carbonyl (C=O) groups is 1. The summed E-state index contributed by atoms with van der Waals surface area (Å²) in [6.45, 7) is 0. The fraction of sp³-hybridized carbons (Fsp3) is 0.500. The van der Waals surface area contributed by atoms with Crippen LogP contribution >= 0.6 is 0 Å². The highest BCUT2D eigenvalue weighted by molar-refractivity contribution is 5.67. The smallest absolute Gasteiger partial charge is 0.130 e. The minimum atomic E-state index is -0.134. The van der Waals surface area contributed by atoms with Gasteiger partial charge >= 0.3 is 0 Å². The summed E-state index contributed by atoms with van der Waals surface area (Å²) in [6, 6.07) is 0. The molecule has 0 heterocycles. The Labute approximate surface area is 54.8 Å². The van der Waals surface area contributed by atoms with E-state index in [1.54, 1.807) is 0 Å². The van der Waals surface area contributed by atoms with Crippen LogP contribution in [0.1, 0.15) is 12.8 Å². The molecule has 1 radical (unpaired) electrons. The number of allylic oxidation sites excluding steroid dienone is 2. The monoisotopic (exact) mass is 121 g/mol. The summed E-state index contributed by atoms with van der Waals surface area (Å²) in [7, 11) is 0. The van der Waals surface area contributed by atoms with Gasteiger partial charge in [-0.15, -0.1) is 0 Å². The molecule has 2 unspecified atom stereocenters. The van der Waals surface area contributed by atoms with E-state index in [1.807, 2.05) is 6.08 Å². The molecule has 2 aliphatic carbocycles. The van der Waals surface area contributed by atoms with E-state index in [-0.39, 0.29) is 5.41 Å². The zero-order valence-corrected chi connectivity index (χ0v) is 5.21. The second-order valence-electron chi connectivity index (χ2n) is 2.99. The lowest BCUT2D eigenvalue weighted by atomic mass is 9.90. The minimum absolute atomic E-state index is 0.134. The van der Waals surface area contributed by atoms with Crippen molar-refractivity contribution in [1.82, 2.24) is 0 Å². The van der Waals surface area contributed by atoms with Crippen LogP contribution in [0.15, 0.2) is 12.2 Å². The van der Waals surface area contributed by atoms with Crippen LogP contribution in [0.4, 0.5) is 0 Å². The standard InChI is InChI=1S/C8H9O/c9-6-8-3-1-7(5-8)2-4-8/h1,3-4,6-7H,2,5H2. The molecule has 0 amide bonds. The highest BCUT2D eigenvalue weighted by Crippen LogP contribution is 2.46. The van der Waals surface area contributed by atoms with Gasteiger partial charge in [0.15, 0.2) is 0 Å². The predicted molar refractivity (Wildman–Crippen MR) is 34.7 cm³/mol. The molecule has 0 aliphatic heterocycles. The third-order valence-corrected chi connectivity index (χ3v) is 2.31. The van der Waals surface area contributed by atoms with Gasteiger partial charge in [-0.3, -0.25) is 0 Å². The Morgan fingerprint density at radius 1 is 1.67 bits per heavy atom. The molecule has 1 nitrogen and oxygen atoms in total. The van der Waals surface area contributed by atoms with Gasteiger partial charge in [-0.05, 0) is 25.2 Å².